The Kier molecular flexibility index (Phi) is 4.42. The fourth-order valence-corrected chi connectivity index (χ4v) is 4.55. The van der Waals surface area contributed by atoms with Crippen LogP contribution in [0.5, 0.6) is 5.75 Å². The molecule has 1 saturated heterocycles. The number of hydrogen-bond donors (Lipinski definition) is 3. The zero-order valence-electron chi connectivity index (χ0n) is 11.0. The maximum absolute atomic E-state index is 11.8. The number of sulfone groups is 1. The van der Waals surface area contributed by atoms with Gasteiger partial charge >= 0.3 is 6.03 Å². The number of nitrogens with one attached hydrogen (secondary N) is 2. The number of nitro groups is 1. The number of benzene rings is 1. The van der Waals surface area contributed by atoms with E-state index in [9.17, 15) is 28.4 Å². The van der Waals surface area contributed by atoms with Crippen molar-refractivity contribution >= 4 is 38.8 Å². The summed E-state index contributed by atoms with van der Waals surface area (Å²) in [5, 5.41) is 24.1. The van der Waals surface area contributed by atoms with Crippen molar-refractivity contribution in [2.24, 2.45) is 0 Å². The summed E-state index contributed by atoms with van der Waals surface area (Å²) >= 11 is 5.85. The van der Waals surface area contributed by atoms with E-state index in [1.807, 2.05) is 0 Å². The van der Waals surface area contributed by atoms with Gasteiger partial charge in [-0.25, -0.2) is 13.2 Å². The third kappa shape index (κ3) is 3.77. The molecule has 120 valence electrons. The molecule has 0 saturated carbocycles. The summed E-state index contributed by atoms with van der Waals surface area (Å²) in [6.45, 7) is 0. The number of carbonyl (C=O) groups is 1. The van der Waals surface area contributed by atoms with Gasteiger partial charge in [0, 0.05) is 12.1 Å². The van der Waals surface area contributed by atoms with Crippen molar-refractivity contribution in [2.45, 2.75) is 11.4 Å². The summed E-state index contributed by atoms with van der Waals surface area (Å²) in [5.41, 5.74) is -0.481. The summed E-state index contributed by atoms with van der Waals surface area (Å²) in [7, 11) is -3.30. The fraction of sp³-hybridized carbons (Fsp3) is 0.364. The van der Waals surface area contributed by atoms with Crippen LogP contribution in [0, 0.1) is 10.1 Å². The Balaban J connectivity index is 2.07. The number of halogens is 1. The molecule has 1 fully saturated rings. The Hall–Kier alpha value is -2.07. The number of hydrogen-bond acceptors (Lipinski definition) is 6. The van der Waals surface area contributed by atoms with E-state index in [1.165, 1.54) is 0 Å². The lowest BCUT2D eigenvalue weighted by molar-refractivity contribution is -0.384. The van der Waals surface area contributed by atoms with Gasteiger partial charge in [-0.2, -0.15) is 0 Å². The molecule has 1 aliphatic heterocycles. The lowest BCUT2D eigenvalue weighted by atomic mass is 10.2. The molecule has 0 aliphatic carbocycles. The van der Waals surface area contributed by atoms with Crippen LogP contribution in [0.1, 0.15) is 0 Å². The van der Waals surface area contributed by atoms with Gasteiger partial charge in [0.05, 0.1) is 33.5 Å². The van der Waals surface area contributed by atoms with E-state index in [4.69, 9.17) is 11.6 Å². The number of amides is 2. The molecule has 0 bridgehead atoms. The largest absolute Gasteiger partial charge is 0.506 e. The van der Waals surface area contributed by atoms with E-state index in [2.05, 4.69) is 10.6 Å². The van der Waals surface area contributed by atoms with Crippen LogP contribution in [-0.2, 0) is 9.84 Å². The van der Waals surface area contributed by atoms with Crippen molar-refractivity contribution in [2.75, 3.05) is 16.8 Å². The van der Waals surface area contributed by atoms with Crippen molar-refractivity contribution < 1.29 is 23.2 Å². The van der Waals surface area contributed by atoms with Crippen LogP contribution in [0.2, 0.25) is 0 Å². The van der Waals surface area contributed by atoms with E-state index in [0.717, 1.165) is 18.2 Å². The second-order valence-corrected chi connectivity index (χ2v) is 7.47. The molecule has 22 heavy (non-hydrogen) atoms. The quantitative estimate of drug-likeness (QED) is 0.319. The van der Waals surface area contributed by atoms with Crippen LogP contribution < -0.4 is 10.6 Å². The number of phenolic OH excluding ortho intramolecular Hbond substituents is 1. The molecular formula is C11H12ClN3O6S. The van der Waals surface area contributed by atoms with Crippen LogP contribution in [-0.4, -0.2) is 47.4 Å². The number of nitro benzene ring substituents is 1. The molecule has 2 amide bonds. The van der Waals surface area contributed by atoms with Gasteiger partial charge in [-0.15, -0.1) is 11.6 Å². The van der Waals surface area contributed by atoms with E-state index in [0.29, 0.717) is 0 Å². The van der Waals surface area contributed by atoms with Gasteiger partial charge in [0.15, 0.2) is 9.84 Å². The second kappa shape index (κ2) is 5.97. The molecule has 0 spiro atoms. The van der Waals surface area contributed by atoms with Gasteiger partial charge in [0.25, 0.3) is 5.69 Å². The first-order valence-electron chi connectivity index (χ1n) is 6.07. The van der Waals surface area contributed by atoms with Crippen LogP contribution >= 0.6 is 11.6 Å². The highest BCUT2D eigenvalue weighted by Gasteiger charge is 2.37. The molecule has 2 rings (SSSR count). The van der Waals surface area contributed by atoms with Crippen LogP contribution in [0.15, 0.2) is 18.2 Å². The molecule has 0 radical (unpaired) electrons. The Labute approximate surface area is 130 Å². The maximum atomic E-state index is 11.8. The monoisotopic (exact) mass is 349 g/mol. The van der Waals surface area contributed by atoms with Crippen molar-refractivity contribution in [3.8, 4) is 5.75 Å². The normalized spacial score (nSPS) is 23.0. The summed E-state index contributed by atoms with van der Waals surface area (Å²) in [6.07, 6.45) is 0. The Morgan fingerprint density at radius 3 is 2.64 bits per heavy atom. The Morgan fingerprint density at radius 2 is 2.09 bits per heavy atom. The number of phenols is 1. The maximum Gasteiger partial charge on any atom is 0.319 e. The standard InChI is InChI=1S/C11H12ClN3O6S/c12-7-4-22(20,21)5-9(7)14-11(17)13-8-3-6(15(18)19)1-2-10(8)16/h1-3,7,9,16H,4-5H2,(H2,13,14,17). The second-order valence-electron chi connectivity index (χ2n) is 4.76. The molecule has 0 aromatic heterocycles. The van der Waals surface area contributed by atoms with Gasteiger partial charge in [-0.3, -0.25) is 10.1 Å². The van der Waals surface area contributed by atoms with E-state index < -0.39 is 32.2 Å². The Morgan fingerprint density at radius 1 is 1.41 bits per heavy atom. The zero-order chi connectivity index (χ0) is 16.5. The van der Waals surface area contributed by atoms with Crippen LogP contribution in [0.25, 0.3) is 0 Å². The first-order chi connectivity index (χ1) is 10.2. The van der Waals surface area contributed by atoms with Crippen LogP contribution in [0.3, 0.4) is 0 Å². The predicted octanol–water partition coefficient (Wildman–Crippen LogP) is 0.826. The highest BCUT2D eigenvalue weighted by molar-refractivity contribution is 7.91. The molecule has 11 heteroatoms. The van der Waals surface area contributed by atoms with E-state index >= 15 is 0 Å². The molecule has 2 atom stereocenters. The lowest BCUT2D eigenvalue weighted by Crippen LogP contribution is -2.42. The summed E-state index contributed by atoms with van der Waals surface area (Å²) < 4.78 is 22.8. The fourth-order valence-electron chi connectivity index (χ4n) is 2.00. The number of alkyl halides is 1. The summed E-state index contributed by atoms with van der Waals surface area (Å²) in [6, 6.07) is 1.55. The van der Waals surface area contributed by atoms with E-state index in [-0.39, 0.29) is 28.6 Å². The van der Waals surface area contributed by atoms with Gasteiger partial charge in [0.2, 0.25) is 0 Å². The number of carbonyl (C=O) groups excluding carboxylic acids is 1. The molecule has 1 heterocycles. The number of nitrogens with zero attached hydrogens (tertiary/aromatic N) is 1. The highest BCUT2D eigenvalue weighted by Crippen LogP contribution is 2.27. The molecule has 2 unspecified atom stereocenters. The van der Waals surface area contributed by atoms with Gasteiger partial charge in [0.1, 0.15) is 5.75 Å². The third-order valence-corrected chi connectivity index (χ3v) is 5.41. The molecule has 3 N–H and O–H groups in total. The lowest BCUT2D eigenvalue weighted by Gasteiger charge is -2.15. The van der Waals surface area contributed by atoms with Crippen molar-refractivity contribution in [1.82, 2.24) is 5.32 Å². The average Bonchev–Trinajstić information content (AvgIpc) is 2.64. The molecule has 1 aromatic carbocycles. The predicted molar refractivity (Wildman–Crippen MR) is 79.0 cm³/mol. The third-order valence-electron chi connectivity index (χ3n) is 3.04. The number of anilines is 1. The van der Waals surface area contributed by atoms with E-state index in [1.54, 1.807) is 0 Å². The topological polar surface area (TPSA) is 139 Å². The first-order valence-corrected chi connectivity index (χ1v) is 8.33. The van der Waals surface area contributed by atoms with Gasteiger partial charge in [-0.05, 0) is 6.07 Å². The summed E-state index contributed by atoms with van der Waals surface area (Å²) in [4.78, 5) is 21.8. The smallest absolute Gasteiger partial charge is 0.319 e. The van der Waals surface area contributed by atoms with Crippen molar-refractivity contribution in [3.63, 3.8) is 0 Å². The number of urea groups is 1. The number of rotatable bonds is 3. The van der Waals surface area contributed by atoms with Gasteiger partial charge in [-0.1, -0.05) is 0 Å². The Bertz CT molecular complexity index is 723. The molecule has 1 aromatic rings. The minimum atomic E-state index is -3.30. The van der Waals surface area contributed by atoms with Crippen LogP contribution in [0.4, 0.5) is 16.2 Å². The van der Waals surface area contributed by atoms with Crippen molar-refractivity contribution in [1.29, 1.82) is 0 Å². The summed E-state index contributed by atoms with van der Waals surface area (Å²) in [5.74, 6) is -0.876. The van der Waals surface area contributed by atoms with Crippen molar-refractivity contribution in [3.05, 3.63) is 28.3 Å². The first kappa shape index (κ1) is 16.3. The number of non-ortho nitro benzene ring substituents is 1. The van der Waals surface area contributed by atoms with Gasteiger partial charge < -0.3 is 15.7 Å². The minimum absolute atomic E-state index is 0.168. The molecular weight excluding hydrogens is 338 g/mol. The number of aromatic hydroxyl groups is 1. The molecule has 9 nitrogen and oxygen atoms in total. The average molecular weight is 350 g/mol. The SMILES string of the molecule is O=C(Nc1cc([N+](=O)[O-])ccc1O)NC1CS(=O)(=O)CC1Cl. The highest BCUT2D eigenvalue weighted by atomic mass is 35.5. The molecule has 1 aliphatic rings. The minimum Gasteiger partial charge on any atom is -0.506 e. The zero-order valence-corrected chi connectivity index (χ0v) is 12.6.